The number of aromatic nitrogens is 2. The van der Waals surface area contributed by atoms with Gasteiger partial charge in [-0.15, -0.1) is 54.1 Å². The van der Waals surface area contributed by atoms with Crippen LogP contribution in [0.25, 0.3) is 66.4 Å². The van der Waals surface area contributed by atoms with E-state index in [4.69, 9.17) is 5.79 Å². The molecule has 3 heterocycles. The second-order valence-corrected chi connectivity index (χ2v) is 17.1. The first-order valence-corrected chi connectivity index (χ1v) is 18.6. The zero-order chi connectivity index (χ0) is 31.7. The summed E-state index contributed by atoms with van der Waals surface area (Å²) >= 11 is 0. The summed E-state index contributed by atoms with van der Waals surface area (Å²) in [6.07, 6.45) is 3.89. The maximum Gasteiger partial charge on any atom is 0.121 e. The van der Waals surface area contributed by atoms with Gasteiger partial charge in [0.25, 0.3) is 0 Å². The quantitative estimate of drug-likeness (QED) is 0.132. The molecule has 0 atom stereocenters. The van der Waals surface area contributed by atoms with E-state index < -0.39 is 8.07 Å². The van der Waals surface area contributed by atoms with Crippen molar-refractivity contribution in [1.29, 1.82) is 0 Å². The number of furan rings is 1. The molecular weight excluding hydrogens is 757 g/mol. The third-order valence-corrected chi connectivity index (χ3v) is 9.97. The molecular formula is C41H32IrN2OSi-2. The van der Waals surface area contributed by atoms with Crippen molar-refractivity contribution in [2.45, 2.75) is 19.6 Å². The van der Waals surface area contributed by atoms with Gasteiger partial charge in [0, 0.05) is 37.9 Å². The van der Waals surface area contributed by atoms with Gasteiger partial charge in [0.15, 0.2) is 0 Å². The van der Waals surface area contributed by atoms with E-state index in [1.165, 1.54) is 5.19 Å². The molecule has 0 amide bonds. The van der Waals surface area contributed by atoms with Crippen molar-refractivity contribution in [2.75, 3.05) is 0 Å². The van der Waals surface area contributed by atoms with Crippen molar-refractivity contribution in [1.82, 2.24) is 9.97 Å². The standard InChI is InChI=1S/C27H16NO.C14H16NSi.Ir/c1-2-7-18(8-3-1)20-13-14-22-23-11-6-12-24(27(23)29-26(22)16-20)25-15-19-9-4-5-10-21(19)17-28-25;1-16(2,3)13-9-10-14(15-11-13)12-7-5-4-6-8-12;/h1-11,13-17H;4-7,9-11H,1-3H3;/q2*-1;/i16D;;. The Morgan fingerprint density at radius 3 is 2.15 bits per heavy atom. The van der Waals surface area contributed by atoms with E-state index in [1.54, 1.807) is 0 Å². The average molecular weight is 790 g/mol. The fraction of sp³-hybridized carbons (Fsp3) is 0.0732. The molecule has 0 N–H and O–H groups in total. The molecule has 0 aliphatic rings. The minimum atomic E-state index is -1.23. The molecule has 0 aliphatic carbocycles. The van der Waals surface area contributed by atoms with Crippen LogP contribution in [0.1, 0.15) is 1.37 Å². The average Bonchev–Trinajstić information content (AvgIpc) is 3.49. The molecule has 3 nitrogen and oxygen atoms in total. The first-order valence-electron chi connectivity index (χ1n) is 15.6. The van der Waals surface area contributed by atoms with Crippen LogP contribution in [0.2, 0.25) is 19.6 Å². The van der Waals surface area contributed by atoms with E-state index in [2.05, 4.69) is 72.1 Å². The summed E-state index contributed by atoms with van der Waals surface area (Å²) < 4.78 is 15.1. The van der Waals surface area contributed by atoms with E-state index >= 15 is 0 Å². The zero-order valence-corrected chi connectivity index (χ0v) is 29.2. The van der Waals surface area contributed by atoms with Crippen molar-refractivity contribution in [3.63, 3.8) is 0 Å². The number of pyridine rings is 2. The zero-order valence-electron chi connectivity index (χ0n) is 26.8. The number of nitrogens with zero attached hydrogens (tertiary/aromatic N) is 2. The fourth-order valence-corrected chi connectivity index (χ4v) is 6.45. The first-order chi connectivity index (χ1) is 22.4. The minimum Gasteiger partial charge on any atom is -0.501 e. The third kappa shape index (κ3) is 6.49. The summed E-state index contributed by atoms with van der Waals surface area (Å²) in [7, 11) is -1.23. The number of benzene rings is 5. The Kier molecular flexibility index (Phi) is 8.71. The van der Waals surface area contributed by atoms with E-state index in [0.717, 1.165) is 55.2 Å². The summed E-state index contributed by atoms with van der Waals surface area (Å²) in [5.74, 6) is 0. The largest absolute Gasteiger partial charge is 0.501 e. The van der Waals surface area contributed by atoms with Crippen LogP contribution in [-0.4, -0.2) is 18.0 Å². The maximum absolute atomic E-state index is 8.77. The summed E-state index contributed by atoms with van der Waals surface area (Å²) in [6.45, 7) is 7.00. The molecule has 46 heavy (non-hydrogen) atoms. The Morgan fingerprint density at radius 1 is 0.652 bits per heavy atom. The number of fused-ring (bicyclic) bond motifs is 4. The van der Waals surface area contributed by atoms with Crippen molar-refractivity contribution in [3.05, 3.63) is 152 Å². The fourth-order valence-electron chi connectivity index (χ4n) is 5.42. The van der Waals surface area contributed by atoms with Gasteiger partial charge in [-0.2, -0.15) is 0 Å². The van der Waals surface area contributed by atoms with E-state index in [9.17, 15) is 0 Å². The molecule has 8 rings (SSSR count). The molecule has 227 valence electrons. The molecule has 5 heteroatoms. The predicted octanol–water partition coefficient (Wildman–Crippen LogP) is 10.4. The van der Waals surface area contributed by atoms with Crippen LogP contribution in [-0.2, 0) is 20.1 Å². The van der Waals surface area contributed by atoms with Crippen LogP contribution in [0.4, 0.5) is 0 Å². The van der Waals surface area contributed by atoms with Gasteiger partial charge in [-0.3, -0.25) is 0 Å². The normalized spacial score (nSPS) is 11.5. The summed E-state index contributed by atoms with van der Waals surface area (Å²) in [5, 5.41) is 5.52. The van der Waals surface area contributed by atoms with Crippen LogP contribution >= 0.6 is 0 Å². The van der Waals surface area contributed by atoms with Gasteiger partial charge in [-0.05, 0) is 44.5 Å². The molecule has 0 spiro atoms. The second-order valence-electron chi connectivity index (χ2n) is 12.1. The summed E-state index contributed by atoms with van der Waals surface area (Å²) in [5.41, 5.74) is 6.86. The number of hydrogen-bond donors (Lipinski definition) is 0. The molecule has 0 bridgehead atoms. The van der Waals surface area contributed by atoms with Crippen LogP contribution in [0.5, 0.6) is 0 Å². The minimum absolute atomic E-state index is 0. The van der Waals surface area contributed by atoms with Crippen LogP contribution in [0.3, 0.4) is 0 Å². The van der Waals surface area contributed by atoms with Crippen LogP contribution in [0.15, 0.2) is 144 Å². The van der Waals surface area contributed by atoms with Crippen LogP contribution in [0, 0.1) is 12.1 Å². The van der Waals surface area contributed by atoms with Gasteiger partial charge < -0.3 is 14.4 Å². The van der Waals surface area contributed by atoms with Gasteiger partial charge in [0.2, 0.25) is 0 Å². The summed E-state index contributed by atoms with van der Waals surface area (Å²) in [6, 6.07) is 47.3. The van der Waals surface area contributed by atoms with Crippen molar-refractivity contribution < 1.29 is 25.9 Å². The Balaban J connectivity index is 0.000000194. The number of hydrogen-bond acceptors (Lipinski definition) is 3. The van der Waals surface area contributed by atoms with Gasteiger partial charge in [0.1, 0.15) is 5.58 Å². The number of rotatable bonds is 4. The van der Waals surface area contributed by atoms with Gasteiger partial charge in [-0.25, -0.2) is 0 Å². The van der Waals surface area contributed by atoms with E-state index in [0.29, 0.717) is 17.2 Å². The summed E-state index contributed by atoms with van der Waals surface area (Å²) in [4.78, 5) is 9.17. The molecule has 5 aromatic carbocycles. The SMILES string of the molecule is C[Si](C)(C)c1ccc(-c2[c-]cccc2)nc1.[2H]c1c(-c2ccccc2)ccc2c1oc1c(-c3cc4ccccc4cn3)[c-]ccc12.[Ir]. The maximum atomic E-state index is 8.77. The molecule has 8 aromatic rings. The molecule has 0 saturated heterocycles. The smallest absolute Gasteiger partial charge is 0.121 e. The molecule has 1 radical (unpaired) electrons. The second kappa shape index (κ2) is 13.4. The van der Waals surface area contributed by atoms with Crippen molar-refractivity contribution in [2.24, 2.45) is 0 Å². The van der Waals surface area contributed by atoms with Crippen molar-refractivity contribution in [3.8, 4) is 33.6 Å². The van der Waals surface area contributed by atoms with Gasteiger partial charge in [0.05, 0.1) is 15.0 Å². The Bertz CT molecular complexity index is 2300. The Morgan fingerprint density at radius 2 is 1.41 bits per heavy atom. The van der Waals surface area contributed by atoms with E-state index in [1.807, 2.05) is 103 Å². The molecule has 0 fully saturated rings. The topological polar surface area (TPSA) is 38.9 Å². The first kappa shape index (κ1) is 30.0. The molecule has 0 aliphatic heterocycles. The van der Waals surface area contributed by atoms with E-state index in [-0.39, 0.29) is 20.1 Å². The van der Waals surface area contributed by atoms with Gasteiger partial charge >= 0.3 is 0 Å². The Labute approximate surface area is 285 Å². The van der Waals surface area contributed by atoms with Crippen LogP contribution < -0.4 is 5.19 Å². The van der Waals surface area contributed by atoms with Gasteiger partial charge in [-0.1, -0.05) is 116 Å². The Hall–Kier alpha value is -4.67. The monoisotopic (exact) mass is 790 g/mol. The molecule has 3 aromatic heterocycles. The third-order valence-electron chi connectivity index (χ3n) is 7.94. The molecule has 0 unspecified atom stereocenters. The predicted molar refractivity (Wildman–Crippen MR) is 190 cm³/mol. The molecule has 0 saturated carbocycles. The van der Waals surface area contributed by atoms with Crippen molar-refractivity contribution >= 4 is 46.0 Å².